The second kappa shape index (κ2) is 4.96. The van der Waals surface area contributed by atoms with E-state index >= 15 is 0 Å². The highest BCUT2D eigenvalue weighted by atomic mass is 35.5. The van der Waals surface area contributed by atoms with Crippen molar-refractivity contribution in [2.45, 2.75) is 39.2 Å². The fraction of sp³-hybridized carbons (Fsp3) is 0.615. The quantitative estimate of drug-likeness (QED) is 0.828. The summed E-state index contributed by atoms with van der Waals surface area (Å²) in [7, 11) is 0. The standard InChI is InChI=1S/C13H18ClN5/c1-7-3-4-9(5-8(7)2)17-12-10-11(16-6-15-10)18-13(14)19-12/h6-9H,3-5H2,1-2H3,(H2,15,16,17,18,19). The lowest BCUT2D eigenvalue weighted by atomic mass is 9.79. The zero-order valence-electron chi connectivity index (χ0n) is 11.2. The monoisotopic (exact) mass is 279 g/mol. The van der Waals surface area contributed by atoms with Crippen LogP contribution in [0.15, 0.2) is 6.33 Å². The number of hydrogen-bond acceptors (Lipinski definition) is 4. The number of fused-ring (bicyclic) bond motifs is 1. The first-order valence-electron chi connectivity index (χ1n) is 6.76. The zero-order valence-corrected chi connectivity index (χ0v) is 11.9. The molecule has 2 heterocycles. The van der Waals surface area contributed by atoms with E-state index < -0.39 is 0 Å². The van der Waals surface area contributed by atoms with Gasteiger partial charge in [0.1, 0.15) is 5.52 Å². The average molecular weight is 280 g/mol. The summed E-state index contributed by atoms with van der Waals surface area (Å²) < 4.78 is 0. The molecule has 0 saturated heterocycles. The summed E-state index contributed by atoms with van der Waals surface area (Å²) in [6.45, 7) is 4.65. The van der Waals surface area contributed by atoms with Gasteiger partial charge in [-0.15, -0.1) is 0 Å². The normalized spacial score (nSPS) is 27.6. The van der Waals surface area contributed by atoms with Crippen LogP contribution in [0.3, 0.4) is 0 Å². The molecule has 1 fully saturated rings. The van der Waals surface area contributed by atoms with E-state index in [1.54, 1.807) is 6.33 Å². The van der Waals surface area contributed by atoms with Gasteiger partial charge in [0.2, 0.25) is 5.28 Å². The van der Waals surface area contributed by atoms with Crippen LogP contribution in [0.2, 0.25) is 5.28 Å². The summed E-state index contributed by atoms with van der Waals surface area (Å²) >= 11 is 5.93. The van der Waals surface area contributed by atoms with Crippen LogP contribution in [-0.4, -0.2) is 26.0 Å². The van der Waals surface area contributed by atoms with Gasteiger partial charge in [0, 0.05) is 6.04 Å². The Kier molecular flexibility index (Phi) is 3.31. The molecule has 6 heteroatoms. The van der Waals surface area contributed by atoms with Crippen molar-refractivity contribution in [1.29, 1.82) is 0 Å². The Labute approximate surface area is 117 Å². The van der Waals surface area contributed by atoms with Crippen LogP contribution < -0.4 is 5.32 Å². The molecule has 2 aromatic heterocycles. The van der Waals surface area contributed by atoms with E-state index in [0.29, 0.717) is 11.7 Å². The highest BCUT2D eigenvalue weighted by Gasteiger charge is 2.25. The second-order valence-corrected chi connectivity index (χ2v) is 5.89. The number of H-pyrrole nitrogens is 1. The van der Waals surface area contributed by atoms with E-state index in [2.05, 4.69) is 39.1 Å². The molecule has 1 aliphatic rings. The van der Waals surface area contributed by atoms with Crippen LogP contribution in [0, 0.1) is 11.8 Å². The third kappa shape index (κ3) is 2.52. The van der Waals surface area contributed by atoms with E-state index in [9.17, 15) is 0 Å². The molecule has 102 valence electrons. The number of aromatic nitrogens is 4. The van der Waals surface area contributed by atoms with Crippen molar-refractivity contribution in [2.75, 3.05) is 5.32 Å². The topological polar surface area (TPSA) is 66.5 Å². The zero-order chi connectivity index (χ0) is 13.4. The fourth-order valence-corrected chi connectivity index (χ4v) is 2.95. The molecule has 5 nitrogen and oxygen atoms in total. The van der Waals surface area contributed by atoms with E-state index in [-0.39, 0.29) is 5.28 Å². The second-order valence-electron chi connectivity index (χ2n) is 5.55. The Morgan fingerprint density at radius 1 is 1.26 bits per heavy atom. The minimum atomic E-state index is 0.235. The van der Waals surface area contributed by atoms with Crippen LogP contribution in [-0.2, 0) is 0 Å². The van der Waals surface area contributed by atoms with Gasteiger partial charge in [-0.1, -0.05) is 13.8 Å². The van der Waals surface area contributed by atoms with Gasteiger partial charge in [-0.3, -0.25) is 0 Å². The first kappa shape index (κ1) is 12.7. The maximum absolute atomic E-state index is 5.93. The molecule has 2 N–H and O–H groups in total. The van der Waals surface area contributed by atoms with Crippen LogP contribution >= 0.6 is 11.6 Å². The highest BCUT2D eigenvalue weighted by molar-refractivity contribution is 6.28. The number of nitrogens with zero attached hydrogens (tertiary/aromatic N) is 3. The lowest BCUT2D eigenvalue weighted by Gasteiger charge is -2.32. The van der Waals surface area contributed by atoms with Crippen molar-refractivity contribution >= 4 is 28.6 Å². The summed E-state index contributed by atoms with van der Waals surface area (Å²) in [6.07, 6.45) is 5.21. The van der Waals surface area contributed by atoms with E-state index in [4.69, 9.17) is 11.6 Å². The summed E-state index contributed by atoms with van der Waals surface area (Å²) in [6, 6.07) is 0.448. The molecule has 0 bridgehead atoms. The van der Waals surface area contributed by atoms with Gasteiger partial charge < -0.3 is 10.3 Å². The summed E-state index contributed by atoms with van der Waals surface area (Å²) in [4.78, 5) is 15.6. The Balaban J connectivity index is 1.83. The maximum atomic E-state index is 5.93. The highest BCUT2D eigenvalue weighted by Crippen LogP contribution is 2.31. The van der Waals surface area contributed by atoms with Gasteiger partial charge in [-0.25, -0.2) is 4.98 Å². The third-order valence-corrected chi connectivity index (χ3v) is 4.37. The molecular formula is C13H18ClN5. The SMILES string of the molecule is CC1CCC(Nc2nc(Cl)nc3nc[nH]c23)CC1C. The minimum absolute atomic E-state index is 0.235. The predicted octanol–water partition coefficient (Wildman–Crippen LogP) is 3.24. The van der Waals surface area contributed by atoms with Crippen molar-refractivity contribution in [3.8, 4) is 0 Å². The molecule has 0 aliphatic heterocycles. The first-order chi connectivity index (χ1) is 9.13. The Hall–Kier alpha value is -1.36. The van der Waals surface area contributed by atoms with E-state index in [1.807, 2.05) is 0 Å². The number of hydrogen-bond donors (Lipinski definition) is 2. The van der Waals surface area contributed by atoms with Crippen LogP contribution in [0.1, 0.15) is 33.1 Å². The smallest absolute Gasteiger partial charge is 0.226 e. The van der Waals surface area contributed by atoms with E-state index in [0.717, 1.165) is 23.2 Å². The van der Waals surface area contributed by atoms with Crippen molar-refractivity contribution in [3.63, 3.8) is 0 Å². The van der Waals surface area contributed by atoms with Crippen molar-refractivity contribution in [2.24, 2.45) is 11.8 Å². The lowest BCUT2D eigenvalue weighted by molar-refractivity contribution is 0.260. The van der Waals surface area contributed by atoms with Gasteiger partial charge in [0.05, 0.1) is 6.33 Å². The van der Waals surface area contributed by atoms with Gasteiger partial charge >= 0.3 is 0 Å². The lowest BCUT2D eigenvalue weighted by Crippen LogP contribution is -2.30. The molecule has 19 heavy (non-hydrogen) atoms. The molecule has 2 aromatic rings. The molecule has 1 aliphatic carbocycles. The number of anilines is 1. The molecule has 0 radical (unpaired) electrons. The van der Waals surface area contributed by atoms with Crippen LogP contribution in [0.5, 0.6) is 0 Å². The van der Waals surface area contributed by atoms with Crippen molar-refractivity contribution < 1.29 is 0 Å². The average Bonchev–Trinajstić information content (AvgIpc) is 2.82. The summed E-state index contributed by atoms with van der Waals surface area (Å²) in [5.41, 5.74) is 1.44. The van der Waals surface area contributed by atoms with Gasteiger partial charge in [0.25, 0.3) is 0 Å². The summed E-state index contributed by atoms with van der Waals surface area (Å²) in [5.74, 6) is 2.30. The molecule has 3 atom stereocenters. The van der Waals surface area contributed by atoms with Gasteiger partial charge in [-0.05, 0) is 42.7 Å². The molecule has 0 amide bonds. The Bertz CT molecular complexity index is 581. The minimum Gasteiger partial charge on any atom is -0.365 e. The number of imidazole rings is 1. The number of aromatic amines is 1. The fourth-order valence-electron chi connectivity index (χ4n) is 2.78. The number of halogens is 1. The number of rotatable bonds is 2. The summed E-state index contributed by atoms with van der Waals surface area (Å²) in [5, 5.41) is 3.73. The van der Waals surface area contributed by atoms with Crippen molar-refractivity contribution in [1.82, 2.24) is 19.9 Å². The molecular weight excluding hydrogens is 262 g/mol. The largest absolute Gasteiger partial charge is 0.365 e. The Morgan fingerprint density at radius 3 is 2.89 bits per heavy atom. The molecule has 3 unspecified atom stereocenters. The van der Waals surface area contributed by atoms with Crippen molar-refractivity contribution in [3.05, 3.63) is 11.6 Å². The first-order valence-corrected chi connectivity index (χ1v) is 7.14. The third-order valence-electron chi connectivity index (χ3n) is 4.20. The van der Waals surface area contributed by atoms with Gasteiger partial charge in [-0.2, -0.15) is 9.97 Å². The molecule has 0 aromatic carbocycles. The molecule has 0 spiro atoms. The van der Waals surface area contributed by atoms with Gasteiger partial charge in [0.15, 0.2) is 11.5 Å². The van der Waals surface area contributed by atoms with Crippen LogP contribution in [0.25, 0.3) is 11.2 Å². The maximum Gasteiger partial charge on any atom is 0.226 e. The predicted molar refractivity (Wildman–Crippen MR) is 76.3 cm³/mol. The van der Waals surface area contributed by atoms with Crippen LogP contribution in [0.4, 0.5) is 5.82 Å². The molecule has 3 rings (SSSR count). The molecule has 1 saturated carbocycles. The number of nitrogens with one attached hydrogen (secondary N) is 2. The Morgan fingerprint density at radius 2 is 2.11 bits per heavy atom. The van der Waals surface area contributed by atoms with E-state index in [1.165, 1.54) is 19.3 Å².